The van der Waals surface area contributed by atoms with Gasteiger partial charge in [-0.25, -0.2) is 14.0 Å². The SMILES string of the molecule is CC(C)(C)OC(=O)N(Cc1ccccc1NCCc1ccc(Cl)cc1F)C1CCN(C(=O)O)CC1. The lowest BCUT2D eigenvalue weighted by atomic mass is 10.0. The molecule has 2 N–H and O–H groups in total. The quantitative estimate of drug-likeness (QED) is 0.481. The van der Waals surface area contributed by atoms with E-state index in [4.69, 9.17) is 16.3 Å². The van der Waals surface area contributed by atoms with E-state index in [0.29, 0.717) is 56.0 Å². The van der Waals surface area contributed by atoms with Crippen molar-refractivity contribution in [3.63, 3.8) is 0 Å². The van der Waals surface area contributed by atoms with Gasteiger partial charge in [-0.1, -0.05) is 35.9 Å². The van der Waals surface area contributed by atoms with Gasteiger partial charge in [-0.15, -0.1) is 0 Å². The number of amides is 2. The Balaban J connectivity index is 1.73. The molecule has 1 aliphatic rings. The number of halogens is 2. The van der Waals surface area contributed by atoms with E-state index in [-0.39, 0.29) is 11.9 Å². The summed E-state index contributed by atoms with van der Waals surface area (Å²) in [5.41, 5.74) is 1.66. The van der Waals surface area contributed by atoms with E-state index >= 15 is 0 Å². The van der Waals surface area contributed by atoms with Crippen molar-refractivity contribution in [3.8, 4) is 0 Å². The number of nitrogens with one attached hydrogen (secondary N) is 1. The van der Waals surface area contributed by atoms with Crippen molar-refractivity contribution in [2.45, 2.75) is 58.2 Å². The van der Waals surface area contributed by atoms with Gasteiger partial charge in [0.05, 0.1) is 6.54 Å². The molecule has 0 unspecified atom stereocenters. The van der Waals surface area contributed by atoms with E-state index < -0.39 is 17.8 Å². The molecule has 9 heteroatoms. The Bertz CT molecular complexity index is 1040. The van der Waals surface area contributed by atoms with E-state index in [2.05, 4.69) is 5.32 Å². The van der Waals surface area contributed by atoms with Gasteiger partial charge in [0.2, 0.25) is 0 Å². The van der Waals surface area contributed by atoms with Crippen LogP contribution in [-0.4, -0.2) is 58.4 Å². The topological polar surface area (TPSA) is 82.1 Å². The van der Waals surface area contributed by atoms with Gasteiger partial charge in [0.15, 0.2) is 0 Å². The molecular formula is C26H33ClFN3O4. The lowest BCUT2D eigenvalue weighted by Crippen LogP contribution is -2.49. The van der Waals surface area contributed by atoms with E-state index in [0.717, 1.165) is 11.3 Å². The van der Waals surface area contributed by atoms with Crippen molar-refractivity contribution in [2.24, 2.45) is 0 Å². The molecule has 0 atom stereocenters. The van der Waals surface area contributed by atoms with E-state index in [1.54, 1.807) is 17.0 Å². The van der Waals surface area contributed by atoms with Gasteiger partial charge >= 0.3 is 12.2 Å². The second-order valence-electron chi connectivity index (χ2n) is 9.68. The molecule has 3 rings (SSSR count). The maximum Gasteiger partial charge on any atom is 0.410 e. The highest BCUT2D eigenvalue weighted by atomic mass is 35.5. The van der Waals surface area contributed by atoms with Crippen LogP contribution in [-0.2, 0) is 17.7 Å². The summed E-state index contributed by atoms with van der Waals surface area (Å²) in [5, 5.41) is 13.0. The number of ether oxygens (including phenoxy) is 1. The summed E-state index contributed by atoms with van der Waals surface area (Å²) in [6.45, 7) is 7.01. The summed E-state index contributed by atoms with van der Waals surface area (Å²) >= 11 is 5.84. The number of carboxylic acid groups (broad SMARTS) is 1. The summed E-state index contributed by atoms with van der Waals surface area (Å²) < 4.78 is 19.8. The Labute approximate surface area is 210 Å². The van der Waals surface area contributed by atoms with Crippen LogP contribution in [0.3, 0.4) is 0 Å². The summed E-state index contributed by atoms with van der Waals surface area (Å²) in [6, 6.07) is 12.2. The zero-order valence-electron chi connectivity index (χ0n) is 20.4. The van der Waals surface area contributed by atoms with E-state index in [1.807, 2.05) is 45.0 Å². The smallest absolute Gasteiger partial charge is 0.410 e. The molecule has 0 spiro atoms. The van der Waals surface area contributed by atoms with Crippen LogP contribution in [0.25, 0.3) is 0 Å². The molecule has 1 fully saturated rings. The number of carbonyl (C=O) groups excluding carboxylic acids is 1. The van der Waals surface area contributed by atoms with Crippen LogP contribution in [0.5, 0.6) is 0 Å². The van der Waals surface area contributed by atoms with Crippen LogP contribution in [0.1, 0.15) is 44.7 Å². The molecule has 0 saturated carbocycles. The average Bonchev–Trinajstić information content (AvgIpc) is 2.78. The molecule has 1 heterocycles. The first-order chi connectivity index (χ1) is 16.5. The second-order valence-corrected chi connectivity index (χ2v) is 10.1. The Morgan fingerprint density at radius 2 is 1.86 bits per heavy atom. The summed E-state index contributed by atoms with van der Waals surface area (Å²) in [6.07, 6.45) is 0.178. The number of likely N-dealkylation sites (tertiary alicyclic amines) is 1. The largest absolute Gasteiger partial charge is 0.465 e. The summed E-state index contributed by atoms with van der Waals surface area (Å²) in [5.74, 6) is -0.337. The zero-order valence-corrected chi connectivity index (χ0v) is 21.1. The van der Waals surface area contributed by atoms with Crippen LogP contribution < -0.4 is 5.32 Å². The van der Waals surface area contributed by atoms with Gasteiger partial charge in [0.25, 0.3) is 0 Å². The molecule has 2 aromatic rings. The standard InChI is InChI=1S/C26H33ClFN3O4/c1-26(2,3)35-25(34)31(21-11-14-30(15-12-21)24(32)33)17-19-6-4-5-7-23(19)29-13-10-18-8-9-20(27)16-22(18)28/h4-9,16,21,29H,10-15,17H2,1-3H3,(H,32,33). The maximum atomic E-state index is 14.1. The minimum absolute atomic E-state index is 0.142. The average molecular weight is 506 g/mol. The third-order valence-corrected chi connectivity index (χ3v) is 6.12. The maximum absolute atomic E-state index is 14.1. The molecule has 0 aromatic heterocycles. The minimum Gasteiger partial charge on any atom is -0.465 e. The summed E-state index contributed by atoms with van der Waals surface area (Å²) in [7, 11) is 0. The van der Waals surface area contributed by atoms with Crippen molar-refractivity contribution < 1.29 is 23.8 Å². The minimum atomic E-state index is -0.945. The molecule has 0 aliphatic carbocycles. The first-order valence-corrected chi connectivity index (χ1v) is 12.1. The highest BCUT2D eigenvalue weighted by molar-refractivity contribution is 6.30. The Morgan fingerprint density at radius 1 is 1.17 bits per heavy atom. The molecule has 190 valence electrons. The van der Waals surface area contributed by atoms with Crippen LogP contribution in [0.4, 0.5) is 19.7 Å². The number of para-hydroxylation sites is 1. The molecule has 35 heavy (non-hydrogen) atoms. The first-order valence-electron chi connectivity index (χ1n) is 11.8. The number of nitrogens with zero attached hydrogens (tertiary/aromatic N) is 2. The lowest BCUT2D eigenvalue weighted by molar-refractivity contribution is 0.00669. The van der Waals surface area contributed by atoms with E-state index in [1.165, 1.54) is 11.0 Å². The van der Waals surface area contributed by atoms with Crippen molar-refractivity contribution >= 4 is 29.5 Å². The number of benzene rings is 2. The Morgan fingerprint density at radius 3 is 2.49 bits per heavy atom. The van der Waals surface area contributed by atoms with Gasteiger partial charge in [0.1, 0.15) is 11.4 Å². The second kappa shape index (κ2) is 11.6. The van der Waals surface area contributed by atoms with Crippen molar-refractivity contribution in [1.82, 2.24) is 9.80 Å². The molecule has 0 bridgehead atoms. The Hall–Kier alpha value is -3.00. The van der Waals surface area contributed by atoms with Gasteiger partial charge in [-0.2, -0.15) is 0 Å². The molecule has 2 amide bonds. The van der Waals surface area contributed by atoms with Crippen molar-refractivity contribution in [2.75, 3.05) is 25.0 Å². The number of hydrogen-bond acceptors (Lipinski definition) is 4. The Kier molecular flexibility index (Phi) is 8.83. The first kappa shape index (κ1) is 26.6. The molecular weight excluding hydrogens is 473 g/mol. The van der Waals surface area contributed by atoms with Gasteiger partial charge < -0.3 is 25.0 Å². The zero-order chi connectivity index (χ0) is 25.6. The third kappa shape index (κ3) is 7.75. The van der Waals surface area contributed by atoms with Crippen molar-refractivity contribution in [1.29, 1.82) is 0 Å². The molecule has 2 aromatic carbocycles. The molecule has 7 nitrogen and oxygen atoms in total. The predicted molar refractivity (Wildman–Crippen MR) is 134 cm³/mol. The number of carbonyl (C=O) groups is 2. The number of anilines is 1. The monoisotopic (exact) mass is 505 g/mol. The van der Waals surface area contributed by atoms with Crippen LogP contribution in [0.2, 0.25) is 5.02 Å². The lowest BCUT2D eigenvalue weighted by Gasteiger charge is -2.38. The fraction of sp³-hybridized carbons (Fsp3) is 0.462. The normalized spacial score (nSPS) is 14.5. The number of hydrogen-bond donors (Lipinski definition) is 2. The van der Waals surface area contributed by atoms with Crippen LogP contribution >= 0.6 is 11.6 Å². The van der Waals surface area contributed by atoms with Gasteiger partial charge in [-0.3, -0.25) is 0 Å². The van der Waals surface area contributed by atoms with Gasteiger partial charge in [0, 0.05) is 36.4 Å². The van der Waals surface area contributed by atoms with Crippen LogP contribution in [0.15, 0.2) is 42.5 Å². The summed E-state index contributed by atoms with van der Waals surface area (Å²) in [4.78, 5) is 27.5. The highest BCUT2D eigenvalue weighted by Gasteiger charge is 2.32. The molecule has 1 aliphatic heterocycles. The van der Waals surface area contributed by atoms with Crippen LogP contribution in [0, 0.1) is 5.82 Å². The molecule has 1 saturated heterocycles. The third-order valence-electron chi connectivity index (χ3n) is 5.89. The fourth-order valence-electron chi connectivity index (χ4n) is 4.10. The van der Waals surface area contributed by atoms with Crippen molar-refractivity contribution in [3.05, 3.63) is 64.4 Å². The number of rotatable bonds is 7. The molecule has 0 radical (unpaired) electrons. The van der Waals surface area contributed by atoms with E-state index in [9.17, 15) is 19.1 Å². The fourth-order valence-corrected chi connectivity index (χ4v) is 4.26. The van der Waals surface area contributed by atoms with Gasteiger partial charge in [-0.05, 0) is 69.4 Å². The highest BCUT2D eigenvalue weighted by Crippen LogP contribution is 2.25. The predicted octanol–water partition coefficient (Wildman–Crippen LogP) is 6.01. The number of piperidine rings is 1.